The standard InChI is InChI=1S/C15H11F3N2O2/c16-12-4-5-13(17)15(18)11(12)8-19-20-14(22)7-9-2-1-3-10(21)6-9/h1-6,8,21H,7H2,(H,20,22)/b19-8+. The maximum absolute atomic E-state index is 13.3. The zero-order valence-electron chi connectivity index (χ0n) is 11.2. The van der Waals surface area contributed by atoms with Crippen molar-refractivity contribution in [2.24, 2.45) is 5.10 Å². The molecule has 0 bridgehead atoms. The van der Waals surface area contributed by atoms with E-state index in [1.807, 2.05) is 0 Å². The van der Waals surface area contributed by atoms with Crippen LogP contribution in [0.3, 0.4) is 0 Å². The monoisotopic (exact) mass is 308 g/mol. The topological polar surface area (TPSA) is 61.7 Å². The molecule has 0 fully saturated rings. The molecule has 0 aromatic heterocycles. The molecule has 0 unspecified atom stereocenters. The first-order chi connectivity index (χ1) is 10.5. The van der Waals surface area contributed by atoms with Gasteiger partial charge in [0, 0.05) is 0 Å². The number of phenols is 1. The molecule has 0 radical (unpaired) electrons. The number of nitrogens with one attached hydrogen (secondary N) is 1. The highest BCUT2D eigenvalue weighted by atomic mass is 19.2. The Bertz CT molecular complexity index is 733. The average molecular weight is 308 g/mol. The molecule has 22 heavy (non-hydrogen) atoms. The number of hydrazone groups is 1. The van der Waals surface area contributed by atoms with E-state index in [0.29, 0.717) is 17.8 Å². The third-order valence-electron chi connectivity index (χ3n) is 2.74. The molecule has 1 amide bonds. The number of amides is 1. The number of carbonyl (C=O) groups excluding carboxylic acids is 1. The van der Waals surface area contributed by atoms with Crippen molar-refractivity contribution in [3.63, 3.8) is 0 Å². The summed E-state index contributed by atoms with van der Waals surface area (Å²) < 4.78 is 39.6. The molecule has 2 rings (SSSR count). The molecule has 0 atom stereocenters. The molecular weight excluding hydrogens is 297 g/mol. The van der Waals surface area contributed by atoms with Crippen molar-refractivity contribution in [1.29, 1.82) is 0 Å². The van der Waals surface area contributed by atoms with Crippen molar-refractivity contribution in [2.75, 3.05) is 0 Å². The zero-order chi connectivity index (χ0) is 16.1. The quantitative estimate of drug-likeness (QED) is 0.518. The first kappa shape index (κ1) is 15.6. The first-order valence-electron chi connectivity index (χ1n) is 6.20. The highest BCUT2D eigenvalue weighted by molar-refractivity contribution is 5.83. The molecule has 0 aliphatic heterocycles. The van der Waals surface area contributed by atoms with E-state index in [1.165, 1.54) is 12.1 Å². The lowest BCUT2D eigenvalue weighted by Gasteiger charge is -2.02. The summed E-state index contributed by atoms with van der Waals surface area (Å²) >= 11 is 0. The van der Waals surface area contributed by atoms with Gasteiger partial charge in [0.1, 0.15) is 11.6 Å². The van der Waals surface area contributed by atoms with Crippen LogP contribution >= 0.6 is 0 Å². The lowest BCUT2D eigenvalue weighted by atomic mass is 10.1. The van der Waals surface area contributed by atoms with Gasteiger partial charge in [-0.2, -0.15) is 5.10 Å². The number of benzene rings is 2. The third kappa shape index (κ3) is 3.85. The van der Waals surface area contributed by atoms with E-state index < -0.39 is 28.9 Å². The van der Waals surface area contributed by atoms with Crippen molar-refractivity contribution in [3.05, 3.63) is 65.0 Å². The smallest absolute Gasteiger partial charge is 0.244 e. The third-order valence-corrected chi connectivity index (χ3v) is 2.74. The minimum atomic E-state index is -1.38. The van der Waals surface area contributed by atoms with Crippen LogP contribution in [0.5, 0.6) is 5.75 Å². The van der Waals surface area contributed by atoms with Crippen LogP contribution in [0.25, 0.3) is 0 Å². The van der Waals surface area contributed by atoms with E-state index in [-0.39, 0.29) is 12.2 Å². The van der Waals surface area contributed by atoms with Crippen LogP contribution in [0, 0.1) is 17.5 Å². The number of phenolic OH excluding ortho intramolecular Hbond substituents is 1. The second-order valence-corrected chi connectivity index (χ2v) is 4.40. The van der Waals surface area contributed by atoms with E-state index in [1.54, 1.807) is 12.1 Å². The molecule has 0 aliphatic carbocycles. The number of aromatic hydroxyl groups is 1. The van der Waals surface area contributed by atoms with Crippen molar-refractivity contribution >= 4 is 12.1 Å². The summed E-state index contributed by atoms with van der Waals surface area (Å²) in [5, 5.41) is 12.6. The van der Waals surface area contributed by atoms with Gasteiger partial charge in [0.15, 0.2) is 11.6 Å². The Kier molecular flexibility index (Phi) is 4.77. The Morgan fingerprint density at radius 2 is 1.91 bits per heavy atom. The largest absolute Gasteiger partial charge is 0.508 e. The van der Waals surface area contributed by atoms with Crippen LogP contribution in [-0.2, 0) is 11.2 Å². The van der Waals surface area contributed by atoms with Crippen LogP contribution in [-0.4, -0.2) is 17.2 Å². The molecular formula is C15H11F3N2O2. The van der Waals surface area contributed by atoms with Gasteiger partial charge < -0.3 is 5.11 Å². The molecule has 0 spiro atoms. The van der Waals surface area contributed by atoms with Crippen molar-refractivity contribution in [2.45, 2.75) is 6.42 Å². The Hall–Kier alpha value is -2.83. The van der Waals surface area contributed by atoms with E-state index >= 15 is 0 Å². The highest BCUT2D eigenvalue weighted by Crippen LogP contribution is 2.14. The molecule has 0 saturated carbocycles. The number of rotatable bonds is 4. The summed E-state index contributed by atoms with van der Waals surface area (Å²) in [6, 6.07) is 7.45. The van der Waals surface area contributed by atoms with Crippen molar-refractivity contribution in [1.82, 2.24) is 5.43 Å². The van der Waals surface area contributed by atoms with Gasteiger partial charge in [0.2, 0.25) is 5.91 Å². The molecule has 0 heterocycles. The van der Waals surface area contributed by atoms with Gasteiger partial charge in [0.25, 0.3) is 0 Å². The molecule has 2 aromatic rings. The van der Waals surface area contributed by atoms with E-state index in [0.717, 1.165) is 6.07 Å². The molecule has 2 aromatic carbocycles. The number of hydrogen-bond donors (Lipinski definition) is 2. The molecule has 0 aliphatic rings. The molecule has 7 heteroatoms. The Morgan fingerprint density at radius 3 is 2.64 bits per heavy atom. The van der Waals surface area contributed by atoms with Crippen molar-refractivity contribution < 1.29 is 23.1 Å². The van der Waals surface area contributed by atoms with E-state index in [4.69, 9.17) is 0 Å². The summed E-state index contributed by atoms with van der Waals surface area (Å²) in [5.74, 6) is -4.14. The predicted octanol–water partition coefficient (Wildman–Crippen LogP) is 2.50. The van der Waals surface area contributed by atoms with Gasteiger partial charge in [-0.05, 0) is 29.8 Å². The van der Waals surface area contributed by atoms with Gasteiger partial charge in [0.05, 0.1) is 18.2 Å². The number of halogens is 3. The van der Waals surface area contributed by atoms with Crippen LogP contribution in [0.2, 0.25) is 0 Å². The van der Waals surface area contributed by atoms with Crippen LogP contribution < -0.4 is 5.43 Å². The van der Waals surface area contributed by atoms with Gasteiger partial charge in [-0.15, -0.1) is 0 Å². The van der Waals surface area contributed by atoms with Gasteiger partial charge >= 0.3 is 0 Å². The van der Waals surface area contributed by atoms with E-state index in [9.17, 15) is 23.1 Å². The molecule has 2 N–H and O–H groups in total. The van der Waals surface area contributed by atoms with E-state index in [2.05, 4.69) is 10.5 Å². The van der Waals surface area contributed by atoms with Crippen molar-refractivity contribution in [3.8, 4) is 5.75 Å². The summed E-state index contributed by atoms with van der Waals surface area (Å²) in [6.45, 7) is 0. The normalized spacial score (nSPS) is 10.9. The summed E-state index contributed by atoms with van der Waals surface area (Å²) in [6.07, 6.45) is 0.605. The second-order valence-electron chi connectivity index (χ2n) is 4.40. The molecule has 114 valence electrons. The lowest BCUT2D eigenvalue weighted by molar-refractivity contribution is -0.120. The minimum absolute atomic E-state index is 0.0118. The second kappa shape index (κ2) is 6.75. The Labute approximate surface area is 123 Å². The fraction of sp³-hybridized carbons (Fsp3) is 0.0667. The lowest BCUT2D eigenvalue weighted by Crippen LogP contribution is -2.20. The van der Waals surface area contributed by atoms with Gasteiger partial charge in [-0.25, -0.2) is 18.6 Å². The number of hydrogen-bond acceptors (Lipinski definition) is 3. The molecule has 4 nitrogen and oxygen atoms in total. The van der Waals surface area contributed by atoms with Gasteiger partial charge in [-0.3, -0.25) is 4.79 Å². The maximum atomic E-state index is 13.3. The highest BCUT2D eigenvalue weighted by Gasteiger charge is 2.11. The predicted molar refractivity (Wildman–Crippen MR) is 73.9 cm³/mol. The van der Waals surface area contributed by atoms with Crippen LogP contribution in [0.15, 0.2) is 41.5 Å². The average Bonchev–Trinajstić information content (AvgIpc) is 2.47. The Morgan fingerprint density at radius 1 is 1.18 bits per heavy atom. The summed E-state index contributed by atoms with van der Waals surface area (Å²) in [7, 11) is 0. The zero-order valence-corrected chi connectivity index (χ0v) is 11.2. The fourth-order valence-corrected chi connectivity index (χ4v) is 1.72. The summed E-state index contributed by atoms with van der Waals surface area (Å²) in [5.41, 5.74) is 1.92. The van der Waals surface area contributed by atoms with Crippen LogP contribution in [0.1, 0.15) is 11.1 Å². The SMILES string of the molecule is O=C(Cc1cccc(O)c1)N/N=C/c1c(F)ccc(F)c1F. The van der Waals surface area contributed by atoms with Crippen LogP contribution in [0.4, 0.5) is 13.2 Å². The first-order valence-corrected chi connectivity index (χ1v) is 6.20. The Balaban J connectivity index is 2.01. The summed E-state index contributed by atoms with van der Waals surface area (Å²) in [4.78, 5) is 11.6. The number of carbonyl (C=O) groups is 1. The maximum Gasteiger partial charge on any atom is 0.244 e. The minimum Gasteiger partial charge on any atom is -0.508 e. The fourth-order valence-electron chi connectivity index (χ4n) is 1.72. The number of nitrogens with zero attached hydrogens (tertiary/aromatic N) is 1. The molecule has 0 saturated heterocycles. The van der Waals surface area contributed by atoms with Gasteiger partial charge in [-0.1, -0.05) is 12.1 Å².